The number of amides is 1. The van der Waals surface area contributed by atoms with Crippen LogP contribution in [0.3, 0.4) is 0 Å². The molecule has 0 radical (unpaired) electrons. The van der Waals surface area contributed by atoms with Crippen molar-refractivity contribution in [2.75, 3.05) is 13.2 Å². The Morgan fingerprint density at radius 1 is 1.55 bits per heavy atom. The van der Waals surface area contributed by atoms with Gasteiger partial charge in [-0.25, -0.2) is 4.98 Å². The van der Waals surface area contributed by atoms with E-state index in [9.17, 15) is 4.79 Å². The van der Waals surface area contributed by atoms with E-state index in [1.54, 1.807) is 17.4 Å². The van der Waals surface area contributed by atoms with E-state index < -0.39 is 0 Å². The largest absolute Gasteiger partial charge is 0.492 e. The second kappa shape index (κ2) is 6.67. The molecule has 0 fully saturated rings. The topological polar surface area (TPSA) is 51.2 Å². The van der Waals surface area contributed by atoms with Crippen molar-refractivity contribution in [2.24, 2.45) is 5.92 Å². The SMILES string of the molecule is Cc1nc(CCNC(=O)C2COc3ccc(Cl)cc3C2)cs1. The zero-order valence-corrected chi connectivity index (χ0v) is 13.8. The van der Waals surface area contributed by atoms with Crippen LogP contribution in [-0.2, 0) is 17.6 Å². The predicted molar refractivity (Wildman–Crippen MR) is 87.7 cm³/mol. The molecule has 1 aromatic carbocycles. The van der Waals surface area contributed by atoms with Crippen LogP contribution in [0.5, 0.6) is 5.75 Å². The average molecular weight is 337 g/mol. The van der Waals surface area contributed by atoms with Crippen LogP contribution in [0.4, 0.5) is 0 Å². The molecule has 1 aromatic heterocycles. The summed E-state index contributed by atoms with van der Waals surface area (Å²) in [5.41, 5.74) is 2.02. The highest BCUT2D eigenvalue weighted by Crippen LogP contribution is 2.29. The number of aromatic nitrogens is 1. The molecule has 116 valence electrons. The minimum Gasteiger partial charge on any atom is -0.492 e. The number of nitrogens with one attached hydrogen (secondary N) is 1. The quantitative estimate of drug-likeness (QED) is 0.933. The van der Waals surface area contributed by atoms with E-state index in [1.165, 1.54) is 0 Å². The first-order valence-corrected chi connectivity index (χ1v) is 8.47. The highest BCUT2D eigenvalue weighted by atomic mass is 35.5. The fourth-order valence-electron chi connectivity index (χ4n) is 2.51. The number of hydrogen-bond donors (Lipinski definition) is 1. The highest BCUT2D eigenvalue weighted by Gasteiger charge is 2.25. The Labute approximate surface area is 138 Å². The van der Waals surface area contributed by atoms with Crippen LogP contribution in [-0.4, -0.2) is 24.0 Å². The molecule has 1 atom stereocenters. The maximum absolute atomic E-state index is 12.2. The van der Waals surface area contributed by atoms with Gasteiger partial charge in [-0.15, -0.1) is 11.3 Å². The maximum Gasteiger partial charge on any atom is 0.226 e. The van der Waals surface area contributed by atoms with E-state index in [0.29, 0.717) is 24.6 Å². The van der Waals surface area contributed by atoms with Crippen molar-refractivity contribution in [1.29, 1.82) is 0 Å². The maximum atomic E-state index is 12.2. The number of hydrogen-bond acceptors (Lipinski definition) is 4. The number of aryl methyl sites for hydroxylation is 1. The molecule has 1 aliphatic heterocycles. The lowest BCUT2D eigenvalue weighted by Gasteiger charge is -2.24. The molecule has 1 amide bonds. The van der Waals surface area contributed by atoms with Gasteiger partial charge >= 0.3 is 0 Å². The number of thiazole rings is 1. The third-order valence-electron chi connectivity index (χ3n) is 3.65. The van der Waals surface area contributed by atoms with Gasteiger partial charge < -0.3 is 10.1 Å². The van der Waals surface area contributed by atoms with Crippen LogP contribution in [0.2, 0.25) is 5.02 Å². The van der Waals surface area contributed by atoms with Gasteiger partial charge in [0.2, 0.25) is 5.91 Å². The number of carbonyl (C=O) groups is 1. The van der Waals surface area contributed by atoms with Crippen molar-refractivity contribution in [2.45, 2.75) is 19.8 Å². The van der Waals surface area contributed by atoms with Gasteiger partial charge in [-0.3, -0.25) is 4.79 Å². The van der Waals surface area contributed by atoms with Crippen molar-refractivity contribution < 1.29 is 9.53 Å². The third kappa shape index (κ3) is 3.59. The van der Waals surface area contributed by atoms with Gasteiger partial charge in [-0.1, -0.05) is 11.6 Å². The van der Waals surface area contributed by atoms with Crippen LogP contribution >= 0.6 is 22.9 Å². The fourth-order valence-corrected chi connectivity index (χ4v) is 3.35. The summed E-state index contributed by atoms with van der Waals surface area (Å²) in [5, 5.41) is 6.72. The molecule has 0 bridgehead atoms. The van der Waals surface area contributed by atoms with Crippen LogP contribution in [0, 0.1) is 12.8 Å². The number of ether oxygens (including phenoxy) is 1. The number of fused-ring (bicyclic) bond motifs is 1. The van der Waals surface area contributed by atoms with Gasteiger partial charge in [0.15, 0.2) is 0 Å². The van der Waals surface area contributed by atoms with Crippen LogP contribution in [0.15, 0.2) is 23.6 Å². The molecule has 6 heteroatoms. The minimum absolute atomic E-state index is 0.0255. The zero-order valence-electron chi connectivity index (χ0n) is 12.3. The second-order valence-electron chi connectivity index (χ2n) is 5.36. The summed E-state index contributed by atoms with van der Waals surface area (Å²) in [7, 11) is 0. The van der Waals surface area contributed by atoms with Gasteiger partial charge in [0, 0.05) is 23.4 Å². The first-order valence-electron chi connectivity index (χ1n) is 7.22. The van der Waals surface area contributed by atoms with Crippen molar-refractivity contribution in [3.05, 3.63) is 44.9 Å². The molecule has 1 aliphatic rings. The van der Waals surface area contributed by atoms with Crippen LogP contribution in [0.1, 0.15) is 16.3 Å². The lowest BCUT2D eigenvalue weighted by molar-refractivity contribution is -0.126. The number of benzene rings is 1. The standard InChI is InChI=1S/C16H17ClN2O2S/c1-10-19-14(9-22-10)4-5-18-16(20)12-6-11-7-13(17)2-3-15(11)21-8-12/h2-3,7,9,12H,4-6,8H2,1H3,(H,18,20). The first-order chi connectivity index (χ1) is 10.6. The smallest absolute Gasteiger partial charge is 0.226 e. The zero-order chi connectivity index (χ0) is 15.5. The summed E-state index contributed by atoms with van der Waals surface area (Å²) in [6, 6.07) is 5.53. The van der Waals surface area contributed by atoms with Crippen LogP contribution < -0.4 is 10.1 Å². The Morgan fingerprint density at radius 3 is 3.18 bits per heavy atom. The minimum atomic E-state index is -0.164. The van der Waals surface area contributed by atoms with Gasteiger partial charge in [-0.2, -0.15) is 0 Å². The Bertz CT molecular complexity index is 687. The Hall–Kier alpha value is -1.59. The second-order valence-corrected chi connectivity index (χ2v) is 6.86. The molecule has 0 spiro atoms. The third-order valence-corrected chi connectivity index (χ3v) is 4.70. The summed E-state index contributed by atoms with van der Waals surface area (Å²) in [6.07, 6.45) is 1.42. The van der Waals surface area contributed by atoms with Crippen molar-refractivity contribution in [1.82, 2.24) is 10.3 Å². The first kappa shape index (κ1) is 15.3. The van der Waals surface area contributed by atoms with Gasteiger partial charge in [0.25, 0.3) is 0 Å². The molecular weight excluding hydrogens is 320 g/mol. The Kier molecular flexibility index (Phi) is 4.64. The molecule has 1 N–H and O–H groups in total. The van der Waals surface area contributed by atoms with Crippen molar-refractivity contribution >= 4 is 28.8 Å². The summed E-state index contributed by atoms with van der Waals surface area (Å²) in [5.74, 6) is 0.687. The lowest BCUT2D eigenvalue weighted by atomic mass is 9.96. The molecule has 0 aliphatic carbocycles. The molecule has 2 heterocycles. The molecule has 2 aromatic rings. The molecule has 4 nitrogen and oxygen atoms in total. The van der Waals surface area contributed by atoms with Gasteiger partial charge in [0.05, 0.1) is 16.6 Å². The van der Waals surface area contributed by atoms with E-state index in [2.05, 4.69) is 10.3 Å². The summed E-state index contributed by atoms with van der Waals surface area (Å²) >= 11 is 7.62. The lowest BCUT2D eigenvalue weighted by Crippen LogP contribution is -2.38. The summed E-state index contributed by atoms with van der Waals surface area (Å²) in [4.78, 5) is 16.6. The van der Waals surface area contributed by atoms with Crippen molar-refractivity contribution in [3.63, 3.8) is 0 Å². The normalized spacial score (nSPS) is 16.7. The fraction of sp³-hybridized carbons (Fsp3) is 0.375. The van der Waals surface area contributed by atoms with E-state index in [4.69, 9.17) is 16.3 Å². The van der Waals surface area contributed by atoms with E-state index in [-0.39, 0.29) is 11.8 Å². The monoisotopic (exact) mass is 336 g/mol. The molecule has 0 saturated heterocycles. The number of rotatable bonds is 4. The number of halogens is 1. The molecule has 3 rings (SSSR count). The van der Waals surface area contributed by atoms with Gasteiger partial charge in [0.1, 0.15) is 12.4 Å². The van der Waals surface area contributed by atoms with E-state index >= 15 is 0 Å². The molecular formula is C16H17ClN2O2S. The molecule has 22 heavy (non-hydrogen) atoms. The number of carbonyl (C=O) groups excluding carboxylic acids is 1. The summed E-state index contributed by atoms with van der Waals surface area (Å²) < 4.78 is 5.65. The predicted octanol–water partition coefficient (Wildman–Crippen LogP) is 3.01. The van der Waals surface area contributed by atoms with Crippen molar-refractivity contribution in [3.8, 4) is 5.75 Å². The van der Waals surface area contributed by atoms with Gasteiger partial charge in [-0.05, 0) is 37.1 Å². The molecule has 1 unspecified atom stereocenters. The van der Waals surface area contributed by atoms with E-state index in [1.807, 2.05) is 24.4 Å². The Balaban J connectivity index is 1.53. The summed E-state index contributed by atoms with van der Waals surface area (Å²) in [6.45, 7) is 2.99. The van der Waals surface area contributed by atoms with Crippen LogP contribution in [0.25, 0.3) is 0 Å². The Morgan fingerprint density at radius 2 is 2.41 bits per heavy atom. The molecule has 0 saturated carbocycles. The van der Waals surface area contributed by atoms with E-state index in [0.717, 1.165) is 28.4 Å². The average Bonchev–Trinajstić information content (AvgIpc) is 2.92. The highest BCUT2D eigenvalue weighted by molar-refractivity contribution is 7.09. The number of nitrogens with zero attached hydrogens (tertiary/aromatic N) is 1.